The van der Waals surface area contributed by atoms with Crippen molar-refractivity contribution < 1.29 is 19.1 Å². The van der Waals surface area contributed by atoms with Gasteiger partial charge in [0.25, 0.3) is 11.8 Å². The Morgan fingerprint density at radius 2 is 1.84 bits per heavy atom. The molecular weight excluding hydrogens is 340 g/mol. The Kier molecular flexibility index (Phi) is 6.30. The highest BCUT2D eigenvalue weighted by Crippen LogP contribution is 2.14. The fourth-order valence-corrected chi connectivity index (χ4v) is 2.51. The Balaban J connectivity index is 1.89. The van der Waals surface area contributed by atoms with E-state index in [4.69, 9.17) is 4.74 Å². The van der Waals surface area contributed by atoms with Crippen LogP contribution in [0.1, 0.15) is 33.9 Å². The van der Waals surface area contributed by atoms with Crippen molar-refractivity contribution in [3.8, 4) is 0 Å². The van der Waals surface area contributed by atoms with Crippen molar-refractivity contribution in [3.05, 3.63) is 52.2 Å². The number of carbonyl (C=O) groups excluding carboxylic acids is 3. The van der Waals surface area contributed by atoms with Crippen molar-refractivity contribution in [2.45, 2.75) is 19.9 Å². The van der Waals surface area contributed by atoms with Crippen LogP contribution in [-0.2, 0) is 9.53 Å². The van der Waals surface area contributed by atoms with Crippen molar-refractivity contribution in [2.75, 3.05) is 19.0 Å². The third kappa shape index (κ3) is 5.15. The number of nitrogens with one attached hydrogen (secondary N) is 1. The van der Waals surface area contributed by atoms with Gasteiger partial charge in [-0.3, -0.25) is 9.59 Å². The van der Waals surface area contributed by atoms with E-state index in [1.165, 1.54) is 16.2 Å². The summed E-state index contributed by atoms with van der Waals surface area (Å²) < 4.78 is 5.03. The number of hydrogen-bond acceptors (Lipinski definition) is 5. The fraction of sp³-hybridized carbons (Fsp3) is 0.278. The first-order chi connectivity index (χ1) is 11.9. The average Bonchev–Trinajstić information content (AvgIpc) is 3.14. The molecule has 2 amide bonds. The van der Waals surface area contributed by atoms with Crippen LogP contribution in [0.25, 0.3) is 0 Å². The Labute approximate surface area is 150 Å². The van der Waals surface area contributed by atoms with Crippen LogP contribution in [0.5, 0.6) is 0 Å². The Bertz CT molecular complexity index is 739. The summed E-state index contributed by atoms with van der Waals surface area (Å²) >= 11 is 1.35. The highest BCUT2D eigenvalue weighted by Gasteiger charge is 2.15. The van der Waals surface area contributed by atoms with Crippen LogP contribution in [-0.4, -0.2) is 42.4 Å². The lowest BCUT2D eigenvalue weighted by molar-refractivity contribution is -0.134. The number of nitrogens with zero attached hydrogens (tertiary/aromatic N) is 1. The Hall–Kier alpha value is -2.67. The topological polar surface area (TPSA) is 75.7 Å². The molecule has 0 aliphatic carbocycles. The number of esters is 1. The van der Waals surface area contributed by atoms with Gasteiger partial charge in [0.05, 0.1) is 10.4 Å². The lowest BCUT2D eigenvalue weighted by atomic mass is 10.2. The maximum atomic E-state index is 12.0. The van der Waals surface area contributed by atoms with E-state index in [2.05, 4.69) is 5.32 Å². The summed E-state index contributed by atoms with van der Waals surface area (Å²) in [6.45, 7) is 3.45. The lowest BCUT2D eigenvalue weighted by Crippen LogP contribution is -2.36. The first-order valence-corrected chi connectivity index (χ1v) is 8.64. The molecule has 0 radical (unpaired) electrons. The second kappa shape index (κ2) is 8.43. The molecule has 1 heterocycles. The quantitative estimate of drug-likeness (QED) is 0.804. The maximum absolute atomic E-state index is 12.0. The van der Waals surface area contributed by atoms with E-state index in [1.54, 1.807) is 43.4 Å². The van der Waals surface area contributed by atoms with Crippen LogP contribution in [0, 0.1) is 0 Å². The molecule has 132 valence electrons. The zero-order valence-corrected chi connectivity index (χ0v) is 15.1. The number of benzene rings is 1. The molecule has 0 bridgehead atoms. The van der Waals surface area contributed by atoms with Crippen molar-refractivity contribution >= 4 is 34.8 Å². The Morgan fingerprint density at radius 1 is 1.16 bits per heavy atom. The second-order valence-corrected chi connectivity index (χ2v) is 6.63. The molecule has 0 aliphatic heterocycles. The SMILES string of the molecule is CC(C)N(C)C(=O)COC(=O)c1ccc(NC(=O)c2cccs2)cc1. The minimum Gasteiger partial charge on any atom is -0.452 e. The van der Waals surface area contributed by atoms with Gasteiger partial charge in [0.2, 0.25) is 0 Å². The first-order valence-electron chi connectivity index (χ1n) is 7.76. The number of carbonyl (C=O) groups is 3. The second-order valence-electron chi connectivity index (χ2n) is 5.68. The van der Waals surface area contributed by atoms with Crippen LogP contribution in [0.2, 0.25) is 0 Å². The molecule has 25 heavy (non-hydrogen) atoms. The van der Waals surface area contributed by atoms with Crippen LogP contribution >= 0.6 is 11.3 Å². The van der Waals surface area contributed by atoms with Gasteiger partial charge >= 0.3 is 5.97 Å². The molecule has 6 nitrogen and oxygen atoms in total. The van der Waals surface area contributed by atoms with Gasteiger partial charge in [0, 0.05) is 18.8 Å². The maximum Gasteiger partial charge on any atom is 0.338 e. The standard InChI is InChI=1S/C18H20N2O4S/c1-12(2)20(3)16(21)11-24-18(23)13-6-8-14(9-7-13)19-17(22)15-5-4-10-25-15/h4-10,12H,11H2,1-3H3,(H,19,22). The van der Waals surface area contributed by atoms with Gasteiger partial charge in [-0.25, -0.2) is 4.79 Å². The fourth-order valence-electron chi connectivity index (χ4n) is 1.89. The van der Waals surface area contributed by atoms with Crippen molar-refractivity contribution in [1.29, 1.82) is 0 Å². The summed E-state index contributed by atoms with van der Waals surface area (Å²) in [6.07, 6.45) is 0. The predicted octanol–water partition coefficient (Wildman–Crippen LogP) is 3.02. The van der Waals surface area contributed by atoms with Crippen molar-refractivity contribution in [2.24, 2.45) is 0 Å². The highest BCUT2D eigenvalue weighted by atomic mass is 32.1. The summed E-state index contributed by atoms with van der Waals surface area (Å²) in [5.41, 5.74) is 0.889. The zero-order chi connectivity index (χ0) is 18.4. The summed E-state index contributed by atoms with van der Waals surface area (Å²) in [7, 11) is 1.66. The van der Waals surface area contributed by atoms with E-state index in [9.17, 15) is 14.4 Å². The molecular formula is C18H20N2O4S. The van der Waals surface area contributed by atoms with Gasteiger partial charge < -0.3 is 15.0 Å². The molecule has 2 rings (SSSR count). The van der Waals surface area contributed by atoms with Crippen LogP contribution in [0.3, 0.4) is 0 Å². The van der Waals surface area contributed by atoms with E-state index in [-0.39, 0.29) is 24.5 Å². The summed E-state index contributed by atoms with van der Waals surface area (Å²) in [4.78, 5) is 37.9. The predicted molar refractivity (Wildman–Crippen MR) is 96.9 cm³/mol. The molecule has 0 spiro atoms. The minimum atomic E-state index is -0.582. The molecule has 7 heteroatoms. The number of hydrogen-bond donors (Lipinski definition) is 1. The van der Waals surface area contributed by atoms with Gasteiger partial charge in [-0.15, -0.1) is 11.3 Å². The Morgan fingerprint density at radius 3 is 2.40 bits per heavy atom. The average molecular weight is 360 g/mol. The van der Waals surface area contributed by atoms with Crippen molar-refractivity contribution in [3.63, 3.8) is 0 Å². The highest BCUT2D eigenvalue weighted by molar-refractivity contribution is 7.12. The van der Waals surface area contributed by atoms with Crippen LogP contribution in [0.4, 0.5) is 5.69 Å². The first kappa shape index (κ1) is 18.7. The molecule has 1 aromatic carbocycles. The zero-order valence-electron chi connectivity index (χ0n) is 14.3. The summed E-state index contributed by atoms with van der Waals surface area (Å²) in [6, 6.07) is 9.89. The smallest absolute Gasteiger partial charge is 0.338 e. The molecule has 1 aromatic heterocycles. The summed E-state index contributed by atoms with van der Waals surface area (Å²) in [5, 5.41) is 4.57. The number of anilines is 1. The third-order valence-corrected chi connectivity index (χ3v) is 4.49. The number of amides is 2. The summed E-state index contributed by atoms with van der Waals surface area (Å²) in [5.74, 6) is -1.04. The molecule has 0 atom stereocenters. The van der Waals surface area contributed by atoms with Crippen molar-refractivity contribution in [1.82, 2.24) is 4.90 Å². The van der Waals surface area contributed by atoms with Gasteiger partial charge in [0.15, 0.2) is 6.61 Å². The third-order valence-electron chi connectivity index (χ3n) is 3.62. The number of ether oxygens (including phenoxy) is 1. The van der Waals surface area contributed by atoms with E-state index >= 15 is 0 Å². The molecule has 0 aliphatic rings. The van der Waals surface area contributed by atoms with Crippen LogP contribution in [0.15, 0.2) is 41.8 Å². The largest absolute Gasteiger partial charge is 0.452 e. The number of thiophene rings is 1. The van der Waals surface area contributed by atoms with Crippen LogP contribution < -0.4 is 5.32 Å². The minimum absolute atomic E-state index is 0.0393. The van der Waals surface area contributed by atoms with Gasteiger partial charge in [0.1, 0.15) is 0 Å². The molecule has 0 unspecified atom stereocenters. The van der Waals surface area contributed by atoms with Gasteiger partial charge in [-0.1, -0.05) is 6.07 Å². The molecule has 2 aromatic rings. The monoisotopic (exact) mass is 360 g/mol. The van der Waals surface area contributed by atoms with E-state index in [0.717, 1.165) is 0 Å². The van der Waals surface area contributed by atoms with E-state index < -0.39 is 5.97 Å². The molecule has 0 saturated heterocycles. The van der Waals surface area contributed by atoms with Gasteiger partial charge in [-0.05, 0) is 49.6 Å². The number of rotatable bonds is 6. The molecule has 1 N–H and O–H groups in total. The molecule has 0 saturated carbocycles. The number of likely N-dealkylation sites (N-methyl/N-ethyl adjacent to an activating group) is 1. The normalized spacial score (nSPS) is 10.4. The van der Waals surface area contributed by atoms with E-state index in [0.29, 0.717) is 16.1 Å². The van der Waals surface area contributed by atoms with E-state index in [1.807, 2.05) is 19.2 Å². The molecule has 0 fully saturated rings. The lowest BCUT2D eigenvalue weighted by Gasteiger charge is -2.21. The van der Waals surface area contributed by atoms with Gasteiger partial charge in [-0.2, -0.15) is 0 Å².